The summed E-state index contributed by atoms with van der Waals surface area (Å²) in [4.78, 5) is 51.1. The van der Waals surface area contributed by atoms with Crippen molar-refractivity contribution in [3.63, 3.8) is 0 Å². The van der Waals surface area contributed by atoms with E-state index in [9.17, 15) is 19.2 Å². The van der Waals surface area contributed by atoms with Crippen molar-refractivity contribution in [1.29, 1.82) is 0 Å². The molecule has 2 aromatic rings. The number of ether oxygens (including phenoxy) is 1. The Balaban J connectivity index is 1.28. The largest absolute Gasteiger partial charge is 0.454 e. The summed E-state index contributed by atoms with van der Waals surface area (Å²) in [6.45, 7) is 5.18. The fourth-order valence-electron chi connectivity index (χ4n) is 5.54. The van der Waals surface area contributed by atoms with Crippen molar-refractivity contribution in [3.8, 4) is 11.1 Å². The molecule has 0 radical (unpaired) electrons. The monoisotopic (exact) mass is 477 g/mol. The van der Waals surface area contributed by atoms with Crippen LogP contribution < -0.4 is 10.6 Å². The molecule has 2 aliphatic rings. The molecular formula is C27H31N3O5. The van der Waals surface area contributed by atoms with Gasteiger partial charge in [0.2, 0.25) is 0 Å². The number of imide groups is 1. The predicted molar refractivity (Wildman–Crippen MR) is 131 cm³/mol. The summed E-state index contributed by atoms with van der Waals surface area (Å²) in [5.74, 6) is -1.46. The smallest absolute Gasteiger partial charge is 0.326 e. The van der Waals surface area contributed by atoms with Crippen LogP contribution in [0.15, 0.2) is 54.6 Å². The van der Waals surface area contributed by atoms with Gasteiger partial charge in [0, 0.05) is 5.69 Å². The number of carbonyl (C=O) groups is 4. The molecule has 2 atom stereocenters. The van der Waals surface area contributed by atoms with Crippen LogP contribution in [-0.4, -0.2) is 47.4 Å². The van der Waals surface area contributed by atoms with Crippen LogP contribution in [0.3, 0.4) is 0 Å². The fraction of sp³-hybridized carbons (Fsp3) is 0.407. The van der Waals surface area contributed by atoms with E-state index in [0.717, 1.165) is 22.4 Å². The van der Waals surface area contributed by atoms with E-state index in [4.69, 9.17) is 4.74 Å². The van der Waals surface area contributed by atoms with Gasteiger partial charge in [0.15, 0.2) is 6.61 Å². The zero-order valence-electron chi connectivity index (χ0n) is 20.3. The normalized spacial score (nSPS) is 23.2. The molecule has 0 bridgehead atoms. The first-order chi connectivity index (χ1) is 16.6. The van der Waals surface area contributed by atoms with Crippen LogP contribution >= 0.6 is 0 Å². The molecule has 1 saturated heterocycles. The highest BCUT2D eigenvalue weighted by Gasteiger charge is 2.56. The summed E-state index contributed by atoms with van der Waals surface area (Å²) in [6.07, 6.45) is 2.02. The van der Waals surface area contributed by atoms with Crippen molar-refractivity contribution in [2.75, 3.05) is 18.5 Å². The Labute approximate surface area is 205 Å². The predicted octanol–water partition coefficient (Wildman–Crippen LogP) is 3.97. The second kappa shape index (κ2) is 9.52. The van der Waals surface area contributed by atoms with Crippen LogP contribution in [0, 0.1) is 11.3 Å². The number of esters is 1. The Morgan fingerprint density at radius 2 is 1.69 bits per heavy atom. The maximum atomic E-state index is 13.1. The lowest BCUT2D eigenvalue weighted by Crippen LogP contribution is -2.54. The molecule has 8 heteroatoms. The number of anilines is 1. The maximum absolute atomic E-state index is 13.1. The number of hydrogen-bond donors (Lipinski definition) is 2. The number of nitrogens with zero attached hydrogens (tertiary/aromatic N) is 1. The number of benzene rings is 2. The van der Waals surface area contributed by atoms with Gasteiger partial charge in [0.25, 0.3) is 11.8 Å². The van der Waals surface area contributed by atoms with Crippen LogP contribution in [0.4, 0.5) is 10.5 Å². The van der Waals surface area contributed by atoms with Crippen molar-refractivity contribution in [2.24, 2.45) is 11.3 Å². The minimum absolute atomic E-state index is 0.103. The second-order valence-corrected chi connectivity index (χ2v) is 10.4. The zero-order valence-corrected chi connectivity index (χ0v) is 20.3. The second-order valence-electron chi connectivity index (χ2n) is 10.4. The topological polar surface area (TPSA) is 105 Å². The van der Waals surface area contributed by atoms with Gasteiger partial charge in [-0.3, -0.25) is 19.3 Å². The molecule has 8 nitrogen and oxygen atoms in total. The Morgan fingerprint density at radius 1 is 1.03 bits per heavy atom. The van der Waals surface area contributed by atoms with Crippen molar-refractivity contribution in [2.45, 2.75) is 45.6 Å². The molecule has 35 heavy (non-hydrogen) atoms. The van der Waals surface area contributed by atoms with Crippen molar-refractivity contribution in [3.05, 3.63) is 54.6 Å². The number of hydrogen-bond acceptors (Lipinski definition) is 5. The molecule has 1 aliphatic heterocycles. The third-order valence-electron chi connectivity index (χ3n) is 6.55. The van der Waals surface area contributed by atoms with Crippen molar-refractivity contribution < 1.29 is 23.9 Å². The van der Waals surface area contributed by atoms with Gasteiger partial charge in [-0.1, -0.05) is 63.2 Å². The van der Waals surface area contributed by atoms with Gasteiger partial charge in [0.05, 0.1) is 0 Å². The van der Waals surface area contributed by atoms with Gasteiger partial charge in [-0.05, 0) is 53.9 Å². The quantitative estimate of drug-likeness (QED) is 0.484. The van der Waals surface area contributed by atoms with E-state index in [1.165, 1.54) is 0 Å². The number of urea groups is 1. The zero-order chi connectivity index (χ0) is 25.2. The molecule has 2 N–H and O–H groups in total. The average Bonchev–Trinajstić information content (AvgIpc) is 3.00. The third-order valence-corrected chi connectivity index (χ3v) is 6.55. The Morgan fingerprint density at radius 3 is 2.34 bits per heavy atom. The van der Waals surface area contributed by atoms with E-state index >= 15 is 0 Å². The van der Waals surface area contributed by atoms with E-state index in [0.29, 0.717) is 18.5 Å². The number of rotatable bonds is 6. The molecule has 1 heterocycles. The average molecular weight is 478 g/mol. The summed E-state index contributed by atoms with van der Waals surface area (Å²) in [5.41, 5.74) is 1.55. The van der Waals surface area contributed by atoms with E-state index < -0.39 is 42.5 Å². The first-order valence-corrected chi connectivity index (χ1v) is 11.8. The van der Waals surface area contributed by atoms with Gasteiger partial charge in [-0.2, -0.15) is 0 Å². The minimum Gasteiger partial charge on any atom is -0.454 e. The number of amides is 4. The van der Waals surface area contributed by atoms with Crippen LogP contribution in [0.25, 0.3) is 11.1 Å². The van der Waals surface area contributed by atoms with Crippen LogP contribution in [0.1, 0.15) is 40.0 Å². The molecule has 4 rings (SSSR count). The fourth-order valence-corrected chi connectivity index (χ4v) is 5.54. The number of carbonyl (C=O) groups excluding carboxylic acids is 4. The van der Waals surface area contributed by atoms with E-state index in [1.807, 2.05) is 42.5 Å². The van der Waals surface area contributed by atoms with Gasteiger partial charge >= 0.3 is 12.0 Å². The summed E-state index contributed by atoms with van der Waals surface area (Å²) >= 11 is 0. The van der Waals surface area contributed by atoms with Gasteiger partial charge < -0.3 is 15.4 Å². The molecule has 1 aliphatic carbocycles. The molecule has 2 aromatic carbocycles. The van der Waals surface area contributed by atoms with Gasteiger partial charge in [-0.15, -0.1) is 0 Å². The molecule has 1 spiro atoms. The first kappa shape index (κ1) is 24.4. The summed E-state index contributed by atoms with van der Waals surface area (Å²) < 4.78 is 5.04. The summed E-state index contributed by atoms with van der Waals surface area (Å²) in [7, 11) is 0. The highest BCUT2D eigenvalue weighted by Crippen LogP contribution is 2.46. The van der Waals surface area contributed by atoms with Crippen LogP contribution in [0.5, 0.6) is 0 Å². The highest BCUT2D eigenvalue weighted by molar-refractivity contribution is 6.09. The van der Waals surface area contributed by atoms with Crippen molar-refractivity contribution in [1.82, 2.24) is 10.2 Å². The highest BCUT2D eigenvalue weighted by atomic mass is 16.5. The molecular weight excluding hydrogens is 446 g/mol. The third kappa shape index (κ3) is 5.53. The van der Waals surface area contributed by atoms with Gasteiger partial charge in [-0.25, -0.2) is 4.79 Å². The molecule has 2 unspecified atom stereocenters. The Bertz CT molecular complexity index is 1130. The Hall–Kier alpha value is -3.68. The summed E-state index contributed by atoms with van der Waals surface area (Å²) in [6, 6.07) is 16.6. The standard InChI is InChI=1S/C27H31N3O5/c1-18-13-26(2,3)17-27(14-18)24(33)30(25(34)29-27)15-23(32)35-16-22(31)28-21-11-9-20(10-12-21)19-7-5-4-6-8-19/h4-12,18H,13-17H2,1-3H3,(H,28,31)(H,29,34). The SMILES string of the molecule is CC1CC(C)(C)CC2(C1)NC(=O)N(CC(=O)OCC(=O)Nc1ccc(-c3ccccc3)cc1)C2=O. The number of nitrogens with one attached hydrogen (secondary N) is 2. The first-order valence-electron chi connectivity index (χ1n) is 11.8. The van der Waals surface area contributed by atoms with Crippen molar-refractivity contribution >= 4 is 29.5 Å². The molecule has 1 saturated carbocycles. The maximum Gasteiger partial charge on any atom is 0.326 e. The van der Waals surface area contributed by atoms with E-state index in [2.05, 4.69) is 31.4 Å². The minimum atomic E-state index is -0.984. The molecule has 0 aromatic heterocycles. The lowest BCUT2D eigenvalue weighted by Gasteiger charge is -2.43. The lowest BCUT2D eigenvalue weighted by molar-refractivity contribution is -0.150. The molecule has 4 amide bonds. The summed E-state index contributed by atoms with van der Waals surface area (Å²) in [5, 5.41) is 5.50. The Kier molecular flexibility index (Phi) is 6.65. The molecule has 2 fully saturated rings. The molecule has 184 valence electrons. The van der Waals surface area contributed by atoms with Gasteiger partial charge in [0.1, 0.15) is 12.1 Å². The van der Waals surface area contributed by atoms with E-state index in [1.54, 1.807) is 12.1 Å². The van der Waals surface area contributed by atoms with E-state index in [-0.39, 0.29) is 11.3 Å². The lowest BCUT2D eigenvalue weighted by atomic mass is 9.64. The van der Waals surface area contributed by atoms with Crippen LogP contribution in [-0.2, 0) is 19.1 Å². The van der Waals surface area contributed by atoms with Crippen LogP contribution in [0.2, 0.25) is 0 Å².